The first kappa shape index (κ1) is 12.2. The van der Waals surface area contributed by atoms with Gasteiger partial charge in [-0.15, -0.1) is 0 Å². The summed E-state index contributed by atoms with van der Waals surface area (Å²) in [5, 5.41) is 0. The zero-order chi connectivity index (χ0) is 13.0. The van der Waals surface area contributed by atoms with E-state index < -0.39 is 0 Å². The normalized spacial score (nSPS) is 10.1. The van der Waals surface area contributed by atoms with Crippen molar-refractivity contribution in [3.8, 4) is 0 Å². The molecule has 0 spiro atoms. The molecule has 2 nitrogen and oxygen atoms in total. The maximum atomic E-state index is 12.2. The summed E-state index contributed by atoms with van der Waals surface area (Å²) in [6.45, 7) is 1.81. The molecule has 0 aliphatic carbocycles. The molecule has 0 heterocycles. The molecule has 0 aliphatic heterocycles. The number of benzene rings is 2. The van der Waals surface area contributed by atoms with Crippen LogP contribution < -0.4 is 0 Å². The van der Waals surface area contributed by atoms with E-state index in [0.717, 1.165) is 0 Å². The highest BCUT2D eigenvalue weighted by molar-refractivity contribution is 6.10. The minimum atomic E-state index is -0.0543. The summed E-state index contributed by atoms with van der Waals surface area (Å²) >= 11 is 0. The largest absolute Gasteiger partial charge is 0.294 e. The van der Waals surface area contributed by atoms with Gasteiger partial charge in [-0.2, -0.15) is 0 Å². The van der Waals surface area contributed by atoms with E-state index in [-0.39, 0.29) is 11.6 Å². The highest BCUT2D eigenvalue weighted by Crippen LogP contribution is 2.12. The molecule has 90 valence electrons. The molecular weight excluding hydrogens is 224 g/mol. The van der Waals surface area contributed by atoms with Crippen molar-refractivity contribution >= 4 is 11.6 Å². The second-order valence-electron chi connectivity index (χ2n) is 4.05. The van der Waals surface area contributed by atoms with Crippen molar-refractivity contribution in [2.75, 3.05) is 0 Å². The minimum absolute atomic E-state index is 0.0534. The van der Waals surface area contributed by atoms with Crippen LogP contribution in [0.4, 0.5) is 0 Å². The zero-order valence-electron chi connectivity index (χ0n) is 10.2. The van der Waals surface area contributed by atoms with Gasteiger partial charge >= 0.3 is 0 Å². The van der Waals surface area contributed by atoms with Gasteiger partial charge in [0.15, 0.2) is 11.6 Å². The molecule has 0 unspecified atom stereocenters. The van der Waals surface area contributed by atoms with Gasteiger partial charge in [0, 0.05) is 23.1 Å². The van der Waals surface area contributed by atoms with Gasteiger partial charge in [0.05, 0.1) is 0 Å². The van der Waals surface area contributed by atoms with Gasteiger partial charge in [-0.05, 0) is 6.07 Å². The van der Waals surface area contributed by atoms with Gasteiger partial charge in [-0.1, -0.05) is 55.5 Å². The third-order valence-electron chi connectivity index (χ3n) is 2.80. The molecular formula is C16H14O2. The summed E-state index contributed by atoms with van der Waals surface area (Å²) in [6.07, 6.45) is 0.447. The molecule has 0 aliphatic rings. The molecule has 2 aromatic carbocycles. The first-order valence-electron chi connectivity index (χ1n) is 5.95. The highest BCUT2D eigenvalue weighted by atomic mass is 16.1. The van der Waals surface area contributed by atoms with Crippen LogP contribution in [0.3, 0.4) is 0 Å². The van der Waals surface area contributed by atoms with E-state index in [1.807, 2.05) is 25.1 Å². The number of carbonyl (C=O) groups excluding carboxylic acids is 2. The fraction of sp³-hybridized carbons (Fsp3) is 0.125. The topological polar surface area (TPSA) is 34.1 Å². The Bertz CT molecular complexity index is 571. The van der Waals surface area contributed by atoms with Crippen LogP contribution in [-0.4, -0.2) is 11.6 Å². The molecule has 2 aromatic rings. The van der Waals surface area contributed by atoms with Crippen LogP contribution in [0.15, 0.2) is 54.6 Å². The Morgan fingerprint density at radius 1 is 0.833 bits per heavy atom. The van der Waals surface area contributed by atoms with E-state index in [1.54, 1.807) is 36.4 Å². The van der Waals surface area contributed by atoms with E-state index in [4.69, 9.17) is 0 Å². The number of Topliss-reactive ketones (excluding diaryl/α,β-unsaturated/α-hetero) is 1. The minimum Gasteiger partial charge on any atom is -0.294 e. The maximum absolute atomic E-state index is 12.2. The van der Waals surface area contributed by atoms with Crippen molar-refractivity contribution in [3.63, 3.8) is 0 Å². The Balaban J connectivity index is 2.35. The number of ketones is 2. The summed E-state index contributed by atoms with van der Waals surface area (Å²) in [5.41, 5.74) is 1.79. The average molecular weight is 238 g/mol. The fourth-order valence-electron chi connectivity index (χ4n) is 1.79. The van der Waals surface area contributed by atoms with E-state index >= 15 is 0 Å². The van der Waals surface area contributed by atoms with Crippen molar-refractivity contribution in [1.82, 2.24) is 0 Å². The molecule has 0 saturated carbocycles. The van der Waals surface area contributed by atoms with Crippen LogP contribution in [0.25, 0.3) is 0 Å². The van der Waals surface area contributed by atoms with E-state index in [2.05, 4.69) is 0 Å². The molecule has 0 N–H and O–H groups in total. The molecule has 2 heteroatoms. The van der Waals surface area contributed by atoms with Crippen molar-refractivity contribution < 1.29 is 9.59 Å². The van der Waals surface area contributed by atoms with Crippen LogP contribution in [0, 0.1) is 0 Å². The lowest BCUT2D eigenvalue weighted by Crippen LogP contribution is -2.04. The van der Waals surface area contributed by atoms with E-state index in [9.17, 15) is 9.59 Å². The molecule has 0 fully saturated rings. The number of rotatable bonds is 4. The molecule has 0 saturated heterocycles. The Labute approximate surface area is 106 Å². The maximum Gasteiger partial charge on any atom is 0.193 e. The SMILES string of the molecule is CCC(=O)c1cccc(C(=O)c2ccccc2)c1. The third-order valence-corrected chi connectivity index (χ3v) is 2.80. The predicted octanol–water partition coefficient (Wildman–Crippen LogP) is 3.51. The quantitative estimate of drug-likeness (QED) is 0.764. The Morgan fingerprint density at radius 2 is 1.44 bits per heavy atom. The van der Waals surface area contributed by atoms with Crippen LogP contribution in [0.2, 0.25) is 0 Å². The average Bonchev–Trinajstić information content (AvgIpc) is 2.46. The van der Waals surface area contributed by atoms with Crippen LogP contribution in [-0.2, 0) is 0 Å². The standard InChI is InChI=1S/C16H14O2/c1-2-15(17)13-9-6-10-14(11-13)16(18)12-7-4-3-5-8-12/h3-11H,2H2,1H3. The van der Waals surface area contributed by atoms with Gasteiger partial charge in [0.2, 0.25) is 0 Å². The summed E-state index contributed by atoms with van der Waals surface area (Å²) in [5.74, 6) is -0.000866. The Hall–Kier alpha value is -2.22. The molecule has 0 bridgehead atoms. The number of hydrogen-bond donors (Lipinski definition) is 0. The van der Waals surface area contributed by atoms with Crippen molar-refractivity contribution in [2.24, 2.45) is 0 Å². The lowest BCUT2D eigenvalue weighted by molar-refractivity contribution is 0.0988. The molecule has 0 aromatic heterocycles. The third kappa shape index (κ3) is 2.54. The van der Waals surface area contributed by atoms with Crippen LogP contribution in [0.5, 0.6) is 0 Å². The lowest BCUT2D eigenvalue weighted by atomic mass is 9.99. The van der Waals surface area contributed by atoms with Gasteiger partial charge in [-0.3, -0.25) is 9.59 Å². The Kier molecular flexibility index (Phi) is 3.68. The molecule has 18 heavy (non-hydrogen) atoms. The molecule has 0 amide bonds. The number of carbonyl (C=O) groups is 2. The van der Waals surface area contributed by atoms with Crippen molar-refractivity contribution in [1.29, 1.82) is 0 Å². The summed E-state index contributed by atoms with van der Waals surface area (Å²) in [4.78, 5) is 23.8. The van der Waals surface area contributed by atoms with Gasteiger partial charge in [0.25, 0.3) is 0 Å². The number of hydrogen-bond acceptors (Lipinski definition) is 2. The first-order chi connectivity index (χ1) is 8.72. The van der Waals surface area contributed by atoms with E-state index in [1.165, 1.54) is 0 Å². The summed E-state index contributed by atoms with van der Waals surface area (Å²) in [7, 11) is 0. The van der Waals surface area contributed by atoms with Crippen molar-refractivity contribution in [2.45, 2.75) is 13.3 Å². The van der Waals surface area contributed by atoms with E-state index in [0.29, 0.717) is 23.1 Å². The van der Waals surface area contributed by atoms with Gasteiger partial charge in [0.1, 0.15) is 0 Å². The Morgan fingerprint density at radius 3 is 2.11 bits per heavy atom. The van der Waals surface area contributed by atoms with Gasteiger partial charge in [-0.25, -0.2) is 0 Å². The van der Waals surface area contributed by atoms with Crippen LogP contribution in [0.1, 0.15) is 39.6 Å². The second-order valence-corrected chi connectivity index (χ2v) is 4.05. The molecule has 0 atom stereocenters. The zero-order valence-corrected chi connectivity index (χ0v) is 10.2. The molecule has 2 rings (SSSR count). The summed E-state index contributed by atoms with van der Waals surface area (Å²) < 4.78 is 0. The molecule has 0 radical (unpaired) electrons. The highest BCUT2D eigenvalue weighted by Gasteiger charge is 2.10. The predicted molar refractivity (Wildman–Crippen MR) is 70.9 cm³/mol. The smallest absolute Gasteiger partial charge is 0.193 e. The fourth-order valence-corrected chi connectivity index (χ4v) is 1.79. The van der Waals surface area contributed by atoms with Gasteiger partial charge < -0.3 is 0 Å². The van der Waals surface area contributed by atoms with Crippen LogP contribution >= 0.6 is 0 Å². The lowest BCUT2D eigenvalue weighted by Gasteiger charge is -2.03. The van der Waals surface area contributed by atoms with Crippen molar-refractivity contribution in [3.05, 3.63) is 71.3 Å². The monoisotopic (exact) mass is 238 g/mol. The summed E-state index contributed by atoms with van der Waals surface area (Å²) in [6, 6.07) is 16.0. The first-order valence-corrected chi connectivity index (χ1v) is 5.95. The second kappa shape index (κ2) is 5.41.